The molecular weight excluding hydrogens is 976 g/mol. The van der Waals surface area contributed by atoms with Crippen LogP contribution in [0.3, 0.4) is 0 Å². The average Bonchev–Trinajstić information content (AvgIpc) is 3.41. The van der Waals surface area contributed by atoms with Gasteiger partial charge in [0.25, 0.3) is 0 Å². The number of carbonyl (C=O) groups excluding carboxylic acids is 3. The molecule has 434 valence electrons. The fourth-order valence-corrected chi connectivity index (χ4v) is 8.47. The summed E-state index contributed by atoms with van der Waals surface area (Å²) >= 11 is 0. The zero-order valence-corrected chi connectivity index (χ0v) is 48.8. The normalized spacial score (nSPS) is 14.1. The van der Waals surface area contributed by atoms with Crippen molar-refractivity contribution in [3.63, 3.8) is 0 Å². The maximum atomic E-state index is 12.9. The summed E-state index contributed by atoms with van der Waals surface area (Å²) in [6, 6.07) is 0. The minimum atomic E-state index is -4.77. The number of hydrogen-bond donors (Lipinski definition) is 2. The van der Waals surface area contributed by atoms with Gasteiger partial charge in [-0.2, -0.15) is 0 Å². The molecule has 0 aliphatic carbocycles. The molecule has 2 N–H and O–H groups in total. The molecule has 0 saturated carbocycles. The first-order chi connectivity index (χ1) is 37.2. The Hall–Kier alpha value is -3.86. The monoisotopic (exact) mass is 1080 g/mol. The fraction of sp³-hybridized carbons (Fsp3) is 0.672. The Labute approximate surface area is 463 Å². The summed E-state index contributed by atoms with van der Waals surface area (Å²) in [5.74, 6) is -1.53. The Kier molecular flexibility index (Phi) is 54.4. The second-order valence-corrected chi connectivity index (χ2v) is 20.8. The van der Waals surface area contributed by atoms with Crippen molar-refractivity contribution >= 4 is 25.7 Å². The third kappa shape index (κ3) is 54.9. The highest BCUT2D eigenvalue weighted by atomic mass is 31.2. The van der Waals surface area contributed by atoms with E-state index in [4.69, 9.17) is 23.3 Å². The molecule has 0 bridgehead atoms. The number of unbranched alkanes of at least 4 members (excludes halogenated alkanes) is 19. The van der Waals surface area contributed by atoms with Crippen LogP contribution in [-0.2, 0) is 42.2 Å². The molecule has 0 radical (unpaired) electrons. The molecule has 0 aromatic heterocycles. The Morgan fingerprint density at radius 2 is 0.684 bits per heavy atom. The van der Waals surface area contributed by atoms with Crippen molar-refractivity contribution in [2.24, 2.45) is 0 Å². The van der Waals surface area contributed by atoms with Crippen LogP contribution in [0.1, 0.15) is 239 Å². The molecule has 0 aromatic rings. The molecule has 0 aliphatic heterocycles. The van der Waals surface area contributed by atoms with Gasteiger partial charge in [-0.05, 0) is 122 Å². The highest BCUT2D eigenvalue weighted by Gasteiger charge is 2.28. The van der Waals surface area contributed by atoms with Gasteiger partial charge in [-0.15, -0.1) is 0 Å². The average molecular weight is 1080 g/mol. The molecule has 0 saturated heterocycles. The molecule has 0 spiro atoms. The van der Waals surface area contributed by atoms with Crippen LogP contribution in [0.4, 0.5) is 0 Å². The van der Waals surface area contributed by atoms with E-state index in [2.05, 4.69) is 130 Å². The summed E-state index contributed by atoms with van der Waals surface area (Å²) in [7, 11) is -4.77. The molecule has 0 heterocycles. The number of aliphatic hydroxyl groups excluding tert-OH is 1. The van der Waals surface area contributed by atoms with Crippen molar-refractivity contribution < 1.29 is 52.2 Å². The Balaban J connectivity index is 4.78. The van der Waals surface area contributed by atoms with Gasteiger partial charge in [-0.1, -0.05) is 207 Å². The van der Waals surface area contributed by atoms with Crippen LogP contribution in [0, 0.1) is 0 Å². The smallest absolute Gasteiger partial charge is 0.462 e. The number of phosphoric ester groups is 1. The summed E-state index contributed by atoms with van der Waals surface area (Å²) in [5, 5.41) is 9.83. The van der Waals surface area contributed by atoms with E-state index in [0.717, 1.165) is 141 Å². The fourth-order valence-electron chi connectivity index (χ4n) is 7.69. The molecule has 3 unspecified atom stereocenters. The minimum absolute atomic E-state index is 0.130. The second-order valence-electron chi connectivity index (χ2n) is 19.4. The van der Waals surface area contributed by atoms with Crippen LogP contribution in [-0.4, -0.2) is 66.5 Å². The molecule has 0 rings (SSSR count). The van der Waals surface area contributed by atoms with Crippen molar-refractivity contribution in [3.05, 3.63) is 109 Å². The van der Waals surface area contributed by atoms with Crippen LogP contribution in [0.2, 0.25) is 0 Å². The van der Waals surface area contributed by atoms with E-state index in [1.165, 1.54) is 38.5 Å². The standard InChI is InChI=1S/C64H107O11P/c1-4-7-10-13-16-19-22-25-28-30-33-36-39-42-45-48-51-54-63(67)74-60(56-65)58-72-76(69,70)73-59-61(57-71-62(66)53-50-47-44-41-38-35-32-27-24-21-18-15-12-9-6-3)75-64(68)55-52-49-46-43-40-37-34-31-29-26-23-20-17-14-11-8-5-2/h8-9,11-12,16-21,25-29,32,34,37,60-61,65H,4-7,10,13-15,22-24,30-31,33,35-36,38-59H2,1-3H3,(H,69,70)/b11-8-,12-9-,19-16-,20-17-,21-18-,28-25-,29-26-,32-27-,37-34-. The van der Waals surface area contributed by atoms with Crippen LogP contribution in [0.15, 0.2) is 109 Å². The molecule has 3 atom stereocenters. The lowest BCUT2D eigenvalue weighted by Crippen LogP contribution is -2.30. The second kappa shape index (κ2) is 57.3. The minimum Gasteiger partial charge on any atom is -0.462 e. The molecule has 12 heteroatoms. The van der Waals surface area contributed by atoms with Crippen LogP contribution >= 0.6 is 7.82 Å². The summed E-state index contributed by atoms with van der Waals surface area (Å²) < 4.78 is 39.5. The number of hydrogen-bond acceptors (Lipinski definition) is 10. The van der Waals surface area contributed by atoms with Gasteiger partial charge in [0.15, 0.2) is 6.10 Å². The number of aliphatic hydroxyl groups is 1. The van der Waals surface area contributed by atoms with Crippen LogP contribution in [0.25, 0.3) is 0 Å². The summed E-state index contributed by atoms with van der Waals surface area (Å²) in [6.45, 7) is 4.34. The van der Waals surface area contributed by atoms with Gasteiger partial charge in [-0.25, -0.2) is 4.57 Å². The van der Waals surface area contributed by atoms with E-state index in [1.54, 1.807) is 0 Å². The van der Waals surface area contributed by atoms with Crippen molar-refractivity contribution in [2.45, 2.75) is 251 Å². The maximum absolute atomic E-state index is 12.9. The quantitative estimate of drug-likeness (QED) is 0.0197. The van der Waals surface area contributed by atoms with Gasteiger partial charge in [0.1, 0.15) is 12.7 Å². The van der Waals surface area contributed by atoms with E-state index < -0.39 is 57.8 Å². The number of allylic oxidation sites excluding steroid dienone is 18. The molecule has 0 aromatic carbocycles. The zero-order valence-electron chi connectivity index (χ0n) is 47.9. The molecular formula is C64H107O11P. The molecule has 0 aliphatic rings. The highest BCUT2D eigenvalue weighted by molar-refractivity contribution is 7.47. The van der Waals surface area contributed by atoms with Gasteiger partial charge in [-0.3, -0.25) is 23.4 Å². The number of rotatable bonds is 54. The van der Waals surface area contributed by atoms with Gasteiger partial charge < -0.3 is 24.2 Å². The summed E-state index contributed by atoms with van der Waals surface area (Å²) in [4.78, 5) is 48.6. The Morgan fingerprint density at radius 3 is 1.05 bits per heavy atom. The lowest BCUT2D eigenvalue weighted by Gasteiger charge is -2.21. The zero-order chi connectivity index (χ0) is 55.5. The third-order valence-corrected chi connectivity index (χ3v) is 13.1. The highest BCUT2D eigenvalue weighted by Crippen LogP contribution is 2.43. The van der Waals surface area contributed by atoms with Crippen molar-refractivity contribution in [1.82, 2.24) is 0 Å². The molecule has 0 fully saturated rings. The molecule has 0 amide bonds. The van der Waals surface area contributed by atoms with Crippen LogP contribution < -0.4 is 0 Å². The van der Waals surface area contributed by atoms with E-state index in [-0.39, 0.29) is 25.9 Å². The van der Waals surface area contributed by atoms with Gasteiger partial charge in [0, 0.05) is 19.3 Å². The lowest BCUT2D eigenvalue weighted by atomic mass is 10.1. The number of carbonyl (C=O) groups is 3. The topological polar surface area (TPSA) is 155 Å². The van der Waals surface area contributed by atoms with E-state index in [1.807, 2.05) is 0 Å². The van der Waals surface area contributed by atoms with Crippen molar-refractivity contribution in [2.75, 3.05) is 26.4 Å². The lowest BCUT2D eigenvalue weighted by molar-refractivity contribution is -0.161. The first-order valence-electron chi connectivity index (χ1n) is 29.8. The van der Waals surface area contributed by atoms with Crippen molar-refractivity contribution in [3.8, 4) is 0 Å². The van der Waals surface area contributed by atoms with Crippen molar-refractivity contribution in [1.29, 1.82) is 0 Å². The molecule has 76 heavy (non-hydrogen) atoms. The van der Waals surface area contributed by atoms with Gasteiger partial charge in [0.2, 0.25) is 0 Å². The van der Waals surface area contributed by atoms with E-state index >= 15 is 0 Å². The Morgan fingerprint density at radius 1 is 0.382 bits per heavy atom. The van der Waals surface area contributed by atoms with Gasteiger partial charge >= 0.3 is 25.7 Å². The van der Waals surface area contributed by atoms with Crippen LogP contribution in [0.5, 0.6) is 0 Å². The van der Waals surface area contributed by atoms with E-state index in [0.29, 0.717) is 19.3 Å². The van der Waals surface area contributed by atoms with E-state index in [9.17, 15) is 28.9 Å². The largest absolute Gasteiger partial charge is 0.472 e. The predicted molar refractivity (Wildman–Crippen MR) is 316 cm³/mol. The predicted octanol–water partition coefficient (Wildman–Crippen LogP) is 17.8. The first-order valence-corrected chi connectivity index (χ1v) is 31.3. The number of phosphoric acid groups is 1. The maximum Gasteiger partial charge on any atom is 0.472 e. The first kappa shape index (κ1) is 72.1. The van der Waals surface area contributed by atoms with Gasteiger partial charge in [0.05, 0.1) is 19.8 Å². The summed E-state index contributed by atoms with van der Waals surface area (Å²) in [6.07, 6.45) is 68.9. The molecule has 11 nitrogen and oxygen atoms in total. The number of ether oxygens (including phenoxy) is 3. The summed E-state index contributed by atoms with van der Waals surface area (Å²) in [5.41, 5.74) is 0. The SMILES string of the molecule is CC/C=C\C/C=C\C/C=C\C/C=C\CCCCCCC(=O)OC(COC(=O)CCCCCCC/C=C\C/C=C\C/C=C\CC)COP(=O)(O)OCC(CO)OC(=O)CCCCCCCCC/C=C\C/C=C\CCCCC. The Bertz CT molecular complexity index is 1690. The third-order valence-electron chi connectivity index (χ3n) is 12.2. The number of esters is 3.